The summed E-state index contributed by atoms with van der Waals surface area (Å²) in [7, 11) is 3.39. The molecule has 1 N–H and O–H groups in total. The molecule has 0 aliphatic carbocycles. The SMILES string of the molecule is COc1cc(CCN2CCNCC2)cc(SC)c1OC. The predicted molar refractivity (Wildman–Crippen MR) is 84.3 cm³/mol. The van der Waals surface area contributed by atoms with E-state index in [1.165, 1.54) is 5.56 Å². The van der Waals surface area contributed by atoms with E-state index in [1.54, 1.807) is 26.0 Å². The van der Waals surface area contributed by atoms with Gasteiger partial charge in [0.05, 0.1) is 19.1 Å². The lowest BCUT2D eigenvalue weighted by atomic mass is 10.1. The van der Waals surface area contributed by atoms with E-state index in [0.717, 1.165) is 55.5 Å². The molecule has 1 aliphatic rings. The number of rotatable bonds is 6. The maximum absolute atomic E-state index is 5.45. The minimum Gasteiger partial charge on any atom is -0.493 e. The largest absolute Gasteiger partial charge is 0.493 e. The fourth-order valence-electron chi connectivity index (χ4n) is 2.50. The Hall–Kier alpha value is -0.910. The smallest absolute Gasteiger partial charge is 0.174 e. The van der Waals surface area contributed by atoms with Crippen molar-refractivity contribution in [2.45, 2.75) is 11.3 Å². The van der Waals surface area contributed by atoms with Crippen molar-refractivity contribution < 1.29 is 9.47 Å². The number of methoxy groups -OCH3 is 2. The molecule has 20 heavy (non-hydrogen) atoms. The fraction of sp³-hybridized carbons (Fsp3) is 0.600. The van der Waals surface area contributed by atoms with E-state index < -0.39 is 0 Å². The summed E-state index contributed by atoms with van der Waals surface area (Å²) in [5.41, 5.74) is 1.31. The third-order valence-electron chi connectivity index (χ3n) is 3.65. The van der Waals surface area contributed by atoms with Crippen LogP contribution >= 0.6 is 11.8 Å². The Morgan fingerprint density at radius 1 is 1.20 bits per heavy atom. The van der Waals surface area contributed by atoms with Gasteiger partial charge in [-0.25, -0.2) is 0 Å². The summed E-state index contributed by atoms with van der Waals surface area (Å²) in [5.74, 6) is 1.67. The third kappa shape index (κ3) is 3.81. The van der Waals surface area contributed by atoms with Crippen molar-refractivity contribution in [3.63, 3.8) is 0 Å². The highest BCUT2D eigenvalue weighted by Gasteiger charge is 2.13. The molecule has 0 aromatic heterocycles. The second-order valence-corrected chi connectivity index (χ2v) is 5.72. The monoisotopic (exact) mass is 296 g/mol. The molecule has 0 saturated carbocycles. The highest BCUT2D eigenvalue weighted by Crippen LogP contribution is 2.37. The fourth-order valence-corrected chi connectivity index (χ4v) is 3.14. The quantitative estimate of drug-likeness (QED) is 0.811. The van der Waals surface area contributed by atoms with Gasteiger partial charge in [-0.3, -0.25) is 0 Å². The van der Waals surface area contributed by atoms with Gasteiger partial charge in [0.2, 0.25) is 0 Å². The molecule has 0 radical (unpaired) electrons. The zero-order valence-electron chi connectivity index (χ0n) is 12.6. The Bertz CT molecular complexity index is 409. The lowest BCUT2D eigenvalue weighted by molar-refractivity contribution is 0.243. The number of thioether (sulfide) groups is 1. The van der Waals surface area contributed by atoms with E-state index in [9.17, 15) is 0 Å². The second kappa shape index (κ2) is 7.76. The van der Waals surface area contributed by atoms with Gasteiger partial charge in [0.1, 0.15) is 0 Å². The lowest BCUT2D eigenvalue weighted by Crippen LogP contribution is -2.44. The third-order valence-corrected chi connectivity index (χ3v) is 4.39. The molecule has 0 atom stereocenters. The molecule has 1 aromatic carbocycles. The summed E-state index contributed by atoms with van der Waals surface area (Å²) in [4.78, 5) is 3.65. The number of hydrogen-bond acceptors (Lipinski definition) is 5. The molecule has 0 amide bonds. The van der Waals surface area contributed by atoms with Crippen molar-refractivity contribution in [1.82, 2.24) is 10.2 Å². The van der Waals surface area contributed by atoms with Gasteiger partial charge in [0.15, 0.2) is 11.5 Å². The molecule has 2 rings (SSSR count). The van der Waals surface area contributed by atoms with E-state index in [4.69, 9.17) is 9.47 Å². The summed E-state index contributed by atoms with van der Waals surface area (Å²) < 4.78 is 10.9. The summed E-state index contributed by atoms with van der Waals surface area (Å²) >= 11 is 1.70. The molecule has 5 heteroatoms. The van der Waals surface area contributed by atoms with Gasteiger partial charge in [-0.15, -0.1) is 11.8 Å². The Kier molecular flexibility index (Phi) is 6.01. The molecule has 1 aromatic rings. The molecule has 4 nitrogen and oxygen atoms in total. The van der Waals surface area contributed by atoms with Crippen LogP contribution in [0.15, 0.2) is 17.0 Å². The Labute approximate surface area is 125 Å². The topological polar surface area (TPSA) is 33.7 Å². The molecule has 0 spiro atoms. The minimum atomic E-state index is 0.828. The summed E-state index contributed by atoms with van der Waals surface area (Å²) in [6, 6.07) is 4.31. The van der Waals surface area contributed by atoms with Gasteiger partial charge in [-0.2, -0.15) is 0 Å². The highest BCUT2D eigenvalue weighted by molar-refractivity contribution is 7.98. The van der Waals surface area contributed by atoms with Gasteiger partial charge >= 0.3 is 0 Å². The minimum absolute atomic E-state index is 0.828. The average molecular weight is 296 g/mol. The average Bonchev–Trinajstić information content (AvgIpc) is 2.52. The summed E-state index contributed by atoms with van der Waals surface area (Å²) in [6.07, 6.45) is 3.12. The first-order chi connectivity index (χ1) is 9.78. The van der Waals surface area contributed by atoms with Crippen LogP contribution in [0.5, 0.6) is 11.5 Å². The molecule has 1 fully saturated rings. The van der Waals surface area contributed by atoms with Crippen LogP contribution in [0, 0.1) is 0 Å². The Morgan fingerprint density at radius 2 is 1.95 bits per heavy atom. The maximum Gasteiger partial charge on any atom is 0.174 e. The van der Waals surface area contributed by atoms with Gasteiger partial charge < -0.3 is 19.7 Å². The first-order valence-corrected chi connectivity index (χ1v) is 8.23. The number of hydrogen-bond donors (Lipinski definition) is 1. The van der Waals surface area contributed by atoms with Crippen molar-refractivity contribution in [3.8, 4) is 11.5 Å². The number of nitrogens with one attached hydrogen (secondary N) is 1. The van der Waals surface area contributed by atoms with Crippen molar-refractivity contribution in [1.29, 1.82) is 0 Å². The second-order valence-electron chi connectivity index (χ2n) is 4.88. The molecule has 112 valence electrons. The van der Waals surface area contributed by atoms with Crippen LogP contribution in [0.4, 0.5) is 0 Å². The van der Waals surface area contributed by atoms with Crippen LogP contribution in [-0.2, 0) is 6.42 Å². The van der Waals surface area contributed by atoms with Crippen molar-refractivity contribution >= 4 is 11.8 Å². The zero-order valence-corrected chi connectivity index (χ0v) is 13.4. The molecule has 1 heterocycles. The van der Waals surface area contributed by atoms with E-state index in [2.05, 4.69) is 28.6 Å². The van der Waals surface area contributed by atoms with Gasteiger partial charge in [0, 0.05) is 32.7 Å². The van der Waals surface area contributed by atoms with E-state index in [0.29, 0.717) is 0 Å². The van der Waals surface area contributed by atoms with E-state index >= 15 is 0 Å². The van der Waals surface area contributed by atoms with Crippen molar-refractivity contribution in [2.24, 2.45) is 0 Å². The molecule has 1 aliphatic heterocycles. The molecule has 0 bridgehead atoms. The van der Waals surface area contributed by atoms with Crippen LogP contribution in [0.3, 0.4) is 0 Å². The van der Waals surface area contributed by atoms with Crippen molar-refractivity contribution in [3.05, 3.63) is 17.7 Å². The number of benzene rings is 1. The van der Waals surface area contributed by atoms with Crippen LogP contribution in [-0.4, -0.2) is 58.1 Å². The first-order valence-electron chi connectivity index (χ1n) is 7.00. The lowest BCUT2D eigenvalue weighted by Gasteiger charge is -2.27. The maximum atomic E-state index is 5.45. The number of nitrogens with zero attached hydrogens (tertiary/aromatic N) is 1. The van der Waals surface area contributed by atoms with Crippen LogP contribution < -0.4 is 14.8 Å². The number of piperazine rings is 1. The zero-order chi connectivity index (χ0) is 14.4. The van der Waals surface area contributed by atoms with Gasteiger partial charge in [-0.05, 0) is 30.4 Å². The molecule has 1 saturated heterocycles. The van der Waals surface area contributed by atoms with Crippen LogP contribution in [0.25, 0.3) is 0 Å². The highest BCUT2D eigenvalue weighted by atomic mass is 32.2. The van der Waals surface area contributed by atoms with E-state index in [1.807, 2.05) is 0 Å². The standard InChI is InChI=1S/C15H24N2O2S/c1-18-13-10-12(11-14(20-3)15(13)19-2)4-7-17-8-5-16-6-9-17/h10-11,16H,4-9H2,1-3H3. The molecule has 0 unspecified atom stereocenters. The predicted octanol–water partition coefficient (Wildman–Crippen LogP) is 1.87. The number of ether oxygens (including phenoxy) is 2. The van der Waals surface area contributed by atoms with E-state index in [-0.39, 0.29) is 0 Å². The van der Waals surface area contributed by atoms with Crippen LogP contribution in [0.1, 0.15) is 5.56 Å². The first kappa shape index (κ1) is 15.5. The van der Waals surface area contributed by atoms with Gasteiger partial charge in [-0.1, -0.05) is 0 Å². The Morgan fingerprint density at radius 3 is 2.55 bits per heavy atom. The molecular weight excluding hydrogens is 272 g/mol. The molecular formula is C15H24N2O2S. The van der Waals surface area contributed by atoms with Crippen molar-refractivity contribution in [2.75, 3.05) is 53.2 Å². The normalized spacial score (nSPS) is 16.1. The Balaban J connectivity index is 2.06. The summed E-state index contributed by atoms with van der Waals surface area (Å²) in [5, 5.41) is 3.38. The van der Waals surface area contributed by atoms with Crippen LogP contribution in [0.2, 0.25) is 0 Å². The van der Waals surface area contributed by atoms with Gasteiger partial charge in [0.25, 0.3) is 0 Å². The summed E-state index contributed by atoms with van der Waals surface area (Å²) in [6.45, 7) is 5.58.